The second kappa shape index (κ2) is 7.39. The van der Waals surface area contributed by atoms with E-state index in [0.29, 0.717) is 17.7 Å². The minimum atomic E-state index is -3.73. The Hall–Kier alpha value is -2.88. The van der Waals surface area contributed by atoms with Gasteiger partial charge in [0.1, 0.15) is 11.4 Å². The van der Waals surface area contributed by atoms with E-state index in [9.17, 15) is 17.2 Å². The molecular weight excluding hydrogens is 376 g/mol. The molecular formula is C17H17F2N5O2S. The number of benzene rings is 1. The monoisotopic (exact) mass is 393 g/mol. The molecule has 0 fully saturated rings. The quantitative estimate of drug-likeness (QED) is 0.695. The summed E-state index contributed by atoms with van der Waals surface area (Å²) in [4.78, 5) is 4.05. The van der Waals surface area contributed by atoms with Crippen LogP contribution >= 0.6 is 0 Å². The SMILES string of the molecule is CCCS(=O)(=O)Nc1ccc(F)c(-n2cc(-c3cncc(C)c3)nn2)c1F. The smallest absolute Gasteiger partial charge is 0.232 e. The summed E-state index contributed by atoms with van der Waals surface area (Å²) in [7, 11) is -3.73. The molecule has 3 rings (SSSR count). The number of aryl methyl sites for hydroxylation is 1. The van der Waals surface area contributed by atoms with E-state index in [2.05, 4.69) is 20.0 Å². The lowest BCUT2D eigenvalue weighted by Gasteiger charge is -2.11. The van der Waals surface area contributed by atoms with Crippen molar-refractivity contribution in [3.63, 3.8) is 0 Å². The number of halogens is 2. The van der Waals surface area contributed by atoms with E-state index >= 15 is 0 Å². The Morgan fingerprint density at radius 3 is 2.70 bits per heavy atom. The van der Waals surface area contributed by atoms with Crippen LogP contribution in [-0.2, 0) is 10.0 Å². The van der Waals surface area contributed by atoms with Crippen LogP contribution in [0.2, 0.25) is 0 Å². The van der Waals surface area contributed by atoms with Crippen molar-refractivity contribution in [1.82, 2.24) is 20.0 Å². The summed E-state index contributed by atoms with van der Waals surface area (Å²) < 4.78 is 55.9. The fraction of sp³-hybridized carbons (Fsp3) is 0.235. The summed E-state index contributed by atoms with van der Waals surface area (Å²) in [5, 5.41) is 7.69. The number of anilines is 1. The lowest BCUT2D eigenvalue weighted by molar-refractivity contribution is 0.558. The zero-order chi connectivity index (χ0) is 19.6. The van der Waals surface area contributed by atoms with Crippen molar-refractivity contribution >= 4 is 15.7 Å². The summed E-state index contributed by atoms with van der Waals surface area (Å²) in [6.07, 6.45) is 4.94. The first-order valence-corrected chi connectivity index (χ1v) is 9.79. The van der Waals surface area contributed by atoms with Crippen LogP contribution in [0.5, 0.6) is 0 Å². The van der Waals surface area contributed by atoms with E-state index in [4.69, 9.17) is 0 Å². The van der Waals surface area contributed by atoms with Gasteiger partial charge in [-0.05, 0) is 37.1 Å². The maximum atomic E-state index is 14.8. The van der Waals surface area contributed by atoms with E-state index in [-0.39, 0.29) is 11.4 Å². The lowest BCUT2D eigenvalue weighted by atomic mass is 10.2. The molecule has 0 aliphatic rings. The first kappa shape index (κ1) is 18.9. The van der Waals surface area contributed by atoms with Gasteiger partial charge in [0, 0.05) is 18.0 Å². The molecule has 3 aromatic rings. The average molecular weight is 393 g/mol. The largest absolute Gasteiger partial charge is 0.280 e. The molecule has 2 aromatic heterocycles. The molecule has 0 saturated carbocycles. The van der Waals surface area contributed by atoms with Gasteiger partial charge in [-0.15, -0.1) is 5.10 Å². The van der Waals surface area contributed by atoms with Crippen LogP contribution in [0.15, 0.2) is 36.8 Å². The Morgan fingerprint density at radius 1 is 1.22 bits per heavy atom. The molecule has 2 heterocycles. The molecule has 0 radical (unpaired) electrons. The molecule has 0 aliphatic carbocycles. The maximum Gasteiger partial charge on any atom is 0.232 e. The Kier molecular flexibility index (Phi) is 5.17. The molecule has 0 atom stereocenters. The van der Waals surface area contributed by atoms with Gasteiger partial charge < -0.3 is 0 Å². The molecule has 0 bridgehead atoms. The molecule has 27 heavy (non-hydrogen) atoms. The van der Waals surface area contributed by atoms with Crippen LogP contribution in [-0.4, -0.2) is 34.1 Å². The van der Waals surface area contributed by atoms with Crippen molar-refractivity contribution in [2.45, 2.75) is 20.3 Å². The highest BCUT2D eigenvalue weighted by molar-refractivity contribution is 7.92. The van der Waals surface area contributed by atoms with E-state index in [0.717, 1.165) is 22.4 Å². The van der Waals surface area contributed by atoms with Crippen LogP contribution in [0.25, 0.3) is 16.9 Å². The fourth-order valence-corrected chi connectivity index (χ4v) is 3.65. The van der Waals surface area contributed by atoms with Crippen LogP contribution in [0.3, 0.4) is 0 Å². The molecule has 0 saturated heterocycles. The van der Waals surface area contributed by atoms with Crippen molar-refractivity contribution in [1.29, 1.82) is 0 Å². The molecule has 142 valence electrons. The zero-order valence-corrected chi connectivity index (χ0v) is 15.5. The number of rotatable bonds is 6. The summed E-state index contributed by atoms with van der Waals surface area (Å²) in [5.74, 6) is -2.15. The third-order valence-electron chi connectivity index (χ3n) is 3.70. The third kappa shape index (κ3) is 4.11. The van der Waals surface area contributed by atoms with Crippen LogP contribution in [0, 0.1) is 18.6 Å². The summed E-state index contributed by atoms with van der Waals surface area (Å²) in [6.45, 7) is 3.54. The molecule has 1 aromatic carbocycles. The minimum absolute atomic E-state index is 0.174. The standard InChI is InChI=1S/C17H17F2N5O2S/c1-3-6-27(25,26)22-14-5-4-13(18)17(16(14)19)24-10-15(21-23-24)12-7-11(2)8-20-9-12/h4-5,7-10,22H,3,6H2,1-2H3. The van der Waals surface area contributed by atoms with Gasteiger partial charge in [0.15, 0.2) is 11.6 Å². The predicted molar refractivity (Wildman–Crippen MR) is 96.9 cm³/mol. The van der Waals surface area contributed by atoms with Gasteiger partial charge in [0.2, 0.25) is 10.0 Å². The van der Waals surface area contributed by atoms with Crippen LogP contribution in [0.1, 0.15) is 18.9 Å². The first-order chi connectivity index (χ1) is 12.8. The number of pyridine rings is 1. The van der Waals surface area contributed by atoms with E-state index in [1.165, 1.54) is 6.20 Å². The van der Waals surface area contributed by atoms with E-state index in [1.54, 1.807) is 19.3 Å². The number of sulfonamides is 1. The normalized spacial score (nSPS) is 11.6. The minimum Gasteiger partial charge on any atom is -0.280 e. The van der Waals surface area contributed by atoms with Crippen molar-refractivity contribution in [3.05, 3.63) is 54.0 Å². The van der Waals surface area contributed by atoms with Crippen LogP contribution < -0.4 is 4.72 Å². The van der Waals surface area contributed by atoms with Crippen LogP contribution in [0.4, 0.5) is 14.5 Å². The fourth-order valence-electron chi connectivity index (χ4n) is 2.52. The highest BCUT2D eigenvalue weighted by Gasteiger charge is 2.20. The second-order valence-corrected chi connectivity index (χ2v) is 7.82. The summed E-state index contributed by atoms with van der Waals surface area (Å²) in [5.41, 5.74) is 1.04. The van der Waals surface area contributed by atoms with Gasteiger partial charge in [-0.2, -0.15) is 0 Å². The van der Waals surface area contributed by atoms with Gasteiger partial charge in [0.25, 0.3) is 0 Å². The average Bonchev–Trinajstić information content (AvgIpc) is 3.07. The van der Waals surface area contributed by atoms with Crippen molar-refractivity contribution in [2.24, 2.45) is 0 Å². The molecule has 10 heteroatoms. The summed E-state index contributed by atoms with van der Waals surface area (Å²) in [6, 6.07) is 3.81. The highest BCUT2D eigenvalue weighted by Crippen LogP contribution is 2.26. The number of hydrogen-bond acceptors (Lipinski definition) is 5. The molecule has 0 aliphatic heterocycles. The molecule has 1 N–H and O–H groups in total. The predicted octanol–water partition coefficient (Wildman–Crippen LogP) is 3.07. The lowest BCUT2D eigenvalue weighted by Crippen LogP contribution is -2.18. The summed E-state index contributed by atoms with van der Waals surface area (Å²) >= 11 is 0. The zero-order valence-electron chi connectivity index (χ0n) is 14.6. The van der Waals surface area contributed by atoms with E-state index < -0.39 is 27.3 Å². The Bertz CT molecular complexity index is 1080. The Balaban J connectivity index is 2.01. The van der Waals surface area contributed by atoms with Crippen molar-refractivity contribution in [2.75, 3.05) is 10.5 Å². The number of nitrogens with zero attached hydrogens (tertiary/aromatic N) is 4. The van der Waals surface area contributed by atoms with Gasteiger partial charge >= 0.3 is 0 Å². The molecule has 0 spiro atoms. The third-order valence-corrected chi connectivity index (χ3v) is 5.18. The van der Waals surface area contributed by atoms with Crippen molar-refractivity contribution < 1.29 is 17.2 Å². The second-order valence-electron chi connectivity index (χ2n) is 5.98. The highest BCUT2D eigenvalue weighted by atomic mass is 32.2. The molecule has 7 nitrogen and oxygen atoms in total. The topological polar surface area (TPSA) is 89.8 Å². The maximum absolute atomic E-state index is 14.8. The van der Waals surface area contributed by atoms with Gasteiger partial charge in [-0.3, -0.25) is 9.71 Å². The molecule has 0 amide bonds. The van der Waals surface area contributed by atoms with Gasteiger partial charge in [-0.1, -0.05) is 12.1 Å². The Morgan fingerprint density at radius 2 is 2.00 bits per heavy atom. The van der Waals surface area contributed by atoms with E-state index in [1.807, 2.05) is 13.0 Å². The van der Waals surface area contributed by atoms with Gasteiger partial charge in [-0.25, -0.2) is 21.9 Å². The first-order valence-electron chi connectivity index (χ1n) is 8.14. The Labute approximate surface area is 155 Å². The molecule has 0 unspecified atom stereocenters. The van der Waals surface area contributed by atoms with Gasteiger partial charge in [0.05, 0.1) is 17.6 Å². The van der Waals surface area contributed by atoms with Crippen molar-refractivity contribution in [3.8, 4) is 16.9 Å². The number of hydrogen-bond donors (Lipinski definition) is 1. The number of aromatic nitrogens is 4. The number of nitrogens with one attached hydrogen (secondary N) is 1.